The van der Waals surface area contributed by atoms with Gasteiger partial charge in [0.2, 0.25) is 0 Å². The number of hydrogen-bond acceptors (Lipinski definition) is 3. The summed E-state index contributed by atoms with van der Waals surface area (Å²) in [5.74, 6) is 1.28. The molecule has 2 fully saturated rings. The SMILES string of the molecule is CC1(C)C(NC2=NCC3(CCCC3)CS2)C1(C)C. The second kappa shape index (κ2) is 3.91. The van der Waals surface area contributed by atoms with Crippen LogP contribution in [0.3, 0.4) is 0 Å². The first-order chi connectivity index (χ1) is 8.37. The first-order valence-electron chi connectivity index (χ1n) is 7.31. The Hall–Kier alpha value is -0.180. The van der Waals surface area contributed by atoms with Gasteiger partial charge in [-0.1, -0.05) is 52.3 Å². The molecule has 1 spiro atoms. The van der Waals surface area contributed by atoms with Crippen molar-refractivity contribution in [2.75, 3.05) is 12.3 Å². The quantitative estimate of drug-likeness (QED) is 0.783. The first-order valence-corrected chi connectivity index (χ1v) is 8.30. The molecule has 0 radical (unpaired) electrons. The molecule has 0 bridgehead atoms. The van der Waals surface area contributed by atoms with Crippen LogP contribution in [-0.4, -0.2) is 23.5 Å². The third-order valence-electron chi connectivity index (χ3n) is 6.03. The normalized spacial score (nSPS) is 32.3. The van der Waals surface area contributed by atoms with Gasteiger partial charge in [-0.3, -0.25) is 4.99 Å². The van der Waals surface area contributed by atoms with E-state index < -0.39 is 0 Å². The molecule has 0 atom stereocenters. The topological polar surface area (TPSA) is 24.4 Å². The van der Waals surface area contributed by atoms with Gasteiger partial charge in [0.15, 0.2) is 5.17 Å². The summed E-state index contributed by atoms with van der Waals surface area (Å²) in [6.45, 7) is 10.5. The number of aliphatic imine (C=N–C) groups is 1. The monoisotopic (exact) mass is 266 g/mol. The van der Waals surface area contributed by atoms with Crippen molar-refractivity contribution in [2.45, 2.75) is 59.4 Å². The van der Waals surface area contributed by atoms with Crippen molar-refractivity contribution in [2.24, 2.45) is 21.2 Å². The molecule has 2 aliphatic carbocycles. The van der Waals surface area contributed by atoms with E-state index in [1.165, 1.54) is 36.6 Å². The highest BCUT2D eigenvalue weighted by atomic mass is 32.2. The van der Waals surface area contributed by atoms with E-state index in [0.29, 0.717) is 22.3 Å². The van der Waals surface area contributed by atoms with Crippen LogP contribution in [0.4, 0.5) is 0 Å². The van der Waals surface area contributed by atoms with Crippen molar-refractivity contribution in [3.05, 3.63) is 0 Å². The van der Waals surface area contributed by atoms with E-state index in [1.807, 2.05) is 11.8 Å². The maximum Gasteiger partial charge on any atom is 0.156 e. The molecule has 0 aromatic carbocycles. The number of nitrogens with zero attached hydrogens (tertiary/aromatic N) is 1. The number of thioether (sulfide) groups is 1. The average Bonchev–Trinajstić information content (AvgIpc) is 2.71. The van der Waals surface area contributed by atoms with Crippen LogP contribution in [0, 0.1) is 16.2 Å². The molecule has 2 nitrogen and oxygen atoms in total. The molecule has 3 rings (SSSR count). The summed E-state index contributed by atoms with van der Waals surface area (Å²) in [7, 11) is 0. The minimum atomic E-state index is 0.401. The largest absolute Gasteiger partial charge is 0.361 e. The van der Waals surface area contributed by atoms with Crippen molar-refractivity contribution >= 4 is 16.9 Å². The van der Waals surface area contributed by atoms with Crippen LogP contribution in [0.1, 0.15) is 53.4 Å². The lowest BCUT2D eigenvalue weighted by Gasteiger charge is -2.31. The van der Waals surface area contributed by atoms with E-state index in [2.05, 4.69) is 33.0 Å². The van der Waals surface area contributed by atoms with Crippen molar-refractivity contribution in [3.63, 3.8) is 0 Å². The number of nitrogens with one attached hydrogen (secondary N) is 1. The predicted molar refractivity (Wildman–Crippen MR) is 80.1 cm³/mol. The fourth-order valence-electron chi connectivity index (χ4n) is 3.75. The molecule has 1 N–H and O–H groups in total. The first kappa shape index (κ1) is 12.8. The van der Waals surface area contributed by atoms with Crippen molar-refractivity contribution in [3.8, 4) is 0 Å². The maximum absolute atomic E-state index is 4.84. The molecule has 0 unspecified atom stereocenters. The summed E-state index contributed by atoms with van der Waals surface area (Å²) >= 11 is 1.97. The van der Waals surface area contributed by atoms with Crippen molar-refractivity contribution in [1.82, 2.24) is 5.32 Å². The number of hydrogen-bond donors (Lipinski definition) is 1. The zero-order valence-corrected chi connectivity index (χ0v) is 13.0. The minimum absolute atomic E-state index is 0.401. The van der Waals surface area contributed by atoms with Crippen LogP contribution in [0.2, 0.25) is 0 Å². The lowest BCUT2D eigenvalue weighted by Crippen LogP contribution is -2.35. The minimum Gasteiger partial charge on any atom is -0.361 e. The fraction of sp³-hybridized carbons (Fsp3) is 0.933. The highest BCUT2D eigenvalue weighted by Crippen LogP contribution is 2.62. The third kappa shape index (κ3) is 1.81. The lowest BCUT2D eigenvalue weighted by atomic mass is 9.89. The van der Waals surface area contributed by atoms with E-state index >= 15 is 0 Å². The van der Waals surface area contributed by atoms with Crippen LogP contribution in [0.25, 0.3) is 0 Å². The Morgan fingerprint density at radius 2 is 1.72 bits per heavy atom. The third-order valence-corrected chi connectivity index (χ3v) is 7.30. The van der Waals surface area contributed by atoms with E-state index in [-0.39, 0.29) is 0 Å². The second-order valence-corrected chi connectivity index (χ2v) is 8.60. The smallest absolute Gasteiger partial charge is 0.156 e. The van der Waals surface area contributed by atoms with Crippen molar-refractivity contribution < 1.29 is 0 Å². The van der Waals surface area contributed by atoms with Gasteiger partial charge in [0.25, 0.3) is 0 Å². The van der Waals surface area contributed by atoms with Crippen LogP contribution in [0.5, 0.6) is 0 Å². The van der Waals surface area contributed by atoms with Crippen molar-refractivity contribution in [1.29, 1.82) is 0 Å². The summed E-state index contributed by atoms with van der Waals surface area (Å²) in [6, 6.07) is 0.592. The molecule has 2 saturated carbocycles. The van der Waals surface area contributed by atoms with Gasteiger partial charge in [0.1, 0.15) is 0 Å². The van der Waals surface area contributed by atoms with Gasteiger partial charge in [-0.15, -0.1) is 0 Å². The lowest BCUT2D eigenvalue weighted by molar-refractivity contribution is 0.358. The Morgan fingerprint density at radius 1 is 1.11 bits per heavy atom. The highest BCUT2D eigenvalue weighted by molar-refractivity contribution is 8.13. The Balaban J connectivity index is 1.62. The van der Waals surface area contributed by atoms with E-state index in [4.69, 9.17) is 4.99 Å². The van der Waals surface area contributed by atoms with Gasteiger partial charge in [0, 0.05) is 18.3 Å². The molecule has 0 amide bonds. The average molecular weight is 266 g/mol. The molecule has 102 valence electrons. The van der Waals surface area contributed by atoms with Gasteiger partial charge in [0.05, 0.1) is 0 Å². The highest BCUT2D eigenvalue weighted by Gasteiger charge is 2.65. The van der Waals surface area contributed by atoms with Gasteiger partial charge in [-0.2, -0.15) is 0 Å². The molecule has 1 heterocycles. The molecule has 18 heavy (non-hydrogen) atoms. The number of rotatable bonds is 1. The Kier molecular flexibility index (Phi) is 2.79. The van der Waals surface area contributed by atoms with E-state index in [9.17, 15) is 0 Å². The van der Waals surface area contributed by atoms with Gasteiger partial charge >= 0.3 is 0 Å². The molecule has 3 aliphatic rings. The molecule has 0 saturated heterocycles. The molecular weight excluding hydrogens is 240 g/mol. The standard InChI is InChI=1S/C15H26N2S/c1-13(2)11(14(13,3)4)17-12-16-9-15(10-18-12)7-5-6-8-15/h11H,5-10H2,1-4H3,(H,16,17). The fourth-order valence-corrected chi connectivity index (χ4v) is 4.93. The van der Waals surface area contributed by atoms with Crippen LogP contribution in [-0.2, 0) is 0 Å². The summed E-state index contributed by atoms with van der Waals surface area (Å²) in [4.78, 5) is 4.84. The second-order valence-electron chi connectivity index (χ2n) is 7.64. The molecule has 0 aromatic rings. The molecule has 1 aliphatic heterocycles. The Labute approximate surface area is 115 Å². The van der Waals surface area contributed by atoms with E-state index in [0.717, 1.165) is 6.54 Å². The Morgan fingerprint density at radius 3 is 2.17 bits per heavy atom. The zero-order valence-electron chi connectivity index (χ0n) is 12.2. The van der Waals surface area contributed by atoms with Crippen LogP contribution < -0.4 is 5.32 Å². The van der Waals surface area contributed by atoms with Gasteiger partial charge in [-0.05, 0) is 29.1 Å². The van der Waals surface area contributed by atoms with Crippen LogP contribution in [0.15, 0.2) is 4.99 Å². The summed E-state index contributed by atoms with van der Waals surface area (Å²) < 4.78 is 0. The summed E-state index contributed by atoms with van der Waals surface area (Å²) in [5.41, 5.74) is 1.36. The molecule has 3 heteroatoms. The molecular formula is C15H26N2S. The van der Waals surface area contributed by atoms with E-state index in [1.54, 1.807) is 0 Å². The number of amidine groups is 1. The molecule has 0 aromatic heterocycles. The predicted octanol–water partition coefficient (Wildman–Crippen LogP) is 3.67. The summed E-state index contributed by atoms with van der Waals surface area (Å²) in [5, 5.41) is 4.90. The van der Waals surface area contributed by atoms with Gasteiger partial charge < -0.3 is 5.32 Å². The Bertz CT molecular complexity index is 364. The van der Waals surface area contributed by atoms with Crippen LogP contribution >= 0.6 is 11.8 Å². The van der Waals surface area contributed by atoms with Gasteiger partial charge in [-0.25, -0.2) is 0 Å². The zero-order chi connectivity index (χ0) is 13.0. The summed E-state index contributed by atoms with van der Waals surface area (Å²) in [6.07, 6.45) is 5.64. The maximum atomic E-state index is 4.84.